The lowest BCUT2D eigenvalue weighted by Gasteiger charge is -2.40. The van der Waals surface area contributed by atoms with Crippen LogP contribution in [0.15, 0.2) is 29.2 Å². The Bertz CT molecular complexity index is 1510. The number of nitrogens with two attached hydrogens (primary N) is 1. The number of sulfone groups is 1. The molecule has 4 fully saturated rings. The van der Waals surface area contributed by atoms with Crippen LogP contribution in [0.2, 0.25) is 0 Å². The Hall–Kier alpha value is -2.98. The summed E-state index contributed by atoms with van der Waals surface area (Å²) in [5.74, 6) is -3.04. The van der Waals surface area contributed by atoms with Crippen LogP contribution < -0.4 is 20.9 Å². The van der Waals surface area contributed by atoms with Gasteiger partial charge in [-0.05, 0) is 57.2 Å². The van der Waals surface area contributed by atoms with E-state index >= 15 is 0 Å². The molecule has 4 aliphatic rings. The van der Waals surface area contributed by atoms with Gasteiger partial charge in [0.25, 0.3) is 5.92 Å². The predicted octanol–water partition coefficient (Wildman–Crippen LogP) is 3.00. The highest BCUT2D eigenvalue weighted by Gasteiger charge is 2.50. The average Bonchev–Trinajstić information content (AvgIpc) is 3.31. The van der Waals surface area contributed by atoms with E-state index in [-0.39, 0.29) is 24.7 Å². The SMILES string of the molecule is Cc1cc(N2C[C@H](S(=O)(=O)c3ccc(N4CC(F)(F)C4)cc3C(F)(F)F)C[C@H]2C(=O)NC2(N)CC2)n(C2CCOCC2)n1. The molecule has 1 aromatic heterocycles. The fourth-order valence-electron chi connectivity index (χ4n) is 6.09. The lowest BCUT2D eigenvalue weighted by Crippen LogP contribution is -2.56. The topological polar surface area (TPSA) is 123 Å². The van der Waals surface area contributed by atoms with Crippen molar-refractivity contribution in [3.8, 4) is 0 Å². The van der Waals surface area contributed by atoms with Gasteiger partial charge in [-0.3, -0.25) is 4.79 Å². The van der Waals surface area contributed by atoms with Crippen molar-refractivity contribution in [1.29, 1.82) is 0 Å². The molecule has 0 spiro atoms. The summed E-state index contributed by atoms with van der Waals surface area (Å²) in [5, 5.41) is 6.00. The van der Waals surface area contributed by atoms with Crippen LogP contribution >= 0.6 is 0 Å². The zero-order valence-electron chi connectivity index (χ0n) is 23.4. The molecule has 2 aromatic rings. The van der Waals surface area contributed by atoms with Gasteiger partial charge in [0.1, 0.15) is 11.9 Å². The normalized spacial score (nSPS) is 25.5. The summed E-state index contributed by atoms with van der Waals surface area (Å²) >= 11 is 0. The summed E-state index contributed by atoms with van der Waals surface area (Å²) in [6.07, 6.45) is -2.95. The standard InChI is InChI=1S/C27H33F5N6O4S/c1-16-10-23(38(35-16)17-4-8-42-9-5-17)37-13-19(12-21(37)24(39)34-26(33)6-7-26)43(40,41)22-3-2-18(11-20(22)27(30,31)32)36-14-25(28,29)15-36/h2-3,10-11,17,19,21H,4-9,12-15,33H2,1H3,(H,34,39)/t19-,21+/m1/s1. The Morgan fingerprint density at radius 3 is 2.42 bits per heavy atom. The van der Waals surface area contributed by atoms with Gasteiger partial charge in [0, 0.05) is 31.5 Å². The number of amides is 1. The zero-order chi connectivity index (χ0) is 30.9. The van der Waals surface area contributed by atoms with Crippen LogP contribution in [0.5, 0.6) is 0 Å². The molecule has 1 aromatic carbocycles. The molecule has 43 heavy (non-hydrogen) atoms. The summed E-state index contributed by atoms with van der Waals surface area (Å²) in [6.45, 7) is 1.00. The number of alkyl halides is 5. The van der Waals surface area contributed by atoms with Crippen LogP contribution in [0, 0.1) is 6.92 Å². The maximum absolute atomic E-state index is 14.2. The molecule has 1 amide bonds. The van der Waals surface area contributed by atoms with Gasteiger partial charge < -0.3 is 25.6 Å². The first kappa shape index (κ1) is 30.1. The molecule has 3 N–H and O–H groups in total. The third-order valence-corrected chi connectivity index (χ3v) is 10.8. The Kier molecular flexibility index (Phi) is 7.20. The number of aromatic nitrogens is 2. The molecular formula is C27H33F5N6O4S. The van der Waals surface area contributed by atoms with Crippen molar-refractivity contribution in [2.75, 3.05) is 42.6 Å². The third-order valence-electron chi connectivity index (χ3n) is 8.62. The van der Waals surface area contributed by atoms with Crippen LogP contribution in [0.25, 0.3) is 0 Å². The molecular weight excluding hydrogens is 599 g/mol. The van der Waals surface area contributed by atoms with Gasteiger partial charge in [-0.25, -0.2) is 21.9 Å². The van der Waals surface area contributed by atoms with Crippen molar-refractivity contribution >= 4 is 27.2 Å². The van der Waals surface area contributed by atoms with Crippen LogP contribution in [0.4, 0.5) is 33.5 Å². The number of carbonyl (C=O) groups is 1. The van der Waals surface area contributed by atoms with E-state index in [2.05, 4.69) is 10.4 Å². The first-order valence-corrected chi connectivity index (χ1v) is 15.7. The molecule has 4 heterocycles. The number of anilines is 2. The number of benzene rings is 1. The van der Waals surface area contributed by atoms with Crippen LogP contribution in [-0.4, -0.2) is 79.8 Å². The average molecular weight is 633 g/mol. The minimum absolute atomic E-state index is 0.0700. The molecule has 16 heteroatoms. The van der Waals surface area contributed by atoms with E-state index in [9.17, 15) is 35.2 Å². The number of carbonyl (C=O) groups excluding carboxylic acids is 1. The molecule has 0 radical (unpaired) electrons. The van der Waals surface area contributed by atoms with E-state index in [0.29, 0.717) is 56.5 Å². The van der Waals surface area contributed by atoms with Crippen molar-refractivity contribution in [3.63, 3.8) is 0 Å². The molecule has 0 unspecified atom stereocenters. The third kappa shape index (κ3) is 5.80. The van der Waals surface area contributed by atoms with E-state index in [4.69, 9.17) is 10.5 Å². The molecule has 6 rings (SSSR count). The number of rotatable bonds is 7. The van der Waals surface area contributed by atoms with Gasteiger partial charge >= 0.3 is 6.18 Å². The molecule has 3 saturated heterocycles. The maximum Gasteiger partial charge on any atom is 0.417 e. The number of ether oxygens (including phenoxy) is 1. The molecule has 0 bridgehead atoms. The minimum atomic E-state index is -5.07. The fraction of sp³-hybridized carbons (Fsp3) is 0.630. The minimum Gasteiger partial charge on any atom is -0.381 e. The largest absolute Gasteiger partial charge is 0.417 e. The van der Waals surface area contributed by atoms with Gasteiger partial charge in [-0.15, -0.1) is 0 Å². The van der Waals surface area contributed by atoms with Crippen molar-refractivity contribution in [2.24, 2.45) is 5.73 Å². The zero-order valence-corrected chi connectivity index (χ0v) is 24.2. The van der Waals surface area contributed by atoms with Gasteiger partial charge in [-0.2, -0.15) is 18.3 Å². The molecule has 236 valence electrons. The second-order valence-corrected chi connectivity index (χ2v) is 14.2. The molecule has 3 aliphatic heterocycles. The first-order chi connectivity index (χ1) is 20.1. The van der Waals surface area contributed by atoms with Crippen molar-refractivity contribution in [3.05, 3.63) is 35.5 Å². The predicted molar refractivity (Wildman–Crippen MR) is 146 cm³/mol. The molecule has 1 aliphatic carbocycles. The Labute approximate surface area is 245 Å². The van der Waals surface area contributed by atoms with E-state index in [1.54, 1.807) is 22.6 Å². The van der Waals surface area contributed by atoms with Gasteiger partial charge in [-0.1, -0.05) is 0 Å². The fourth-order valence-corrected chi connectivity index (χ4v) is 7.98. The summed E-state index contributed by atoms with van der Waals surface area (Å²) in [7, 11) is -4.66. The van der Waals surface area contributed by atoms with Crippen molar-refractivity contribution in [2.45, 2.75) is 79.0 Å². The highest BCUT2D eigenvalue weighted by atomic mass is 32.2. The highest BCUT2D eigenvalue weighted by Crippen LogP contribution is 2.43. The van der Waals surface area contributed by atoms with Gasteiger partial charge in [0.15, 0.2) is 9.84 Å². The van der Waals surface area contributed by atoms with E-state index in [1.165, 1.54) is 0 Å². The molecule has 2 atom stereocenters. The number of nitrogens with zero attached hydrogens (tertiary/aromatic N) is 4. The molecule has 1 saturated carbocycles. The number of hydrogen-bond donors (Lipinski definition) is 2. The lowest BCUT2D eigenvalue weighted by atomic mass is 10.1. The highest BCUT2D eigenvalue weighted by molar-refractivity contribution is 7.92. The van der Waals surface area contributed by atoms with E-state index < -0.39 is 68.3 Å². The Morgan fingerprint density at radius 1 is 1.14 bits per heavy atom. The van der Waals surface area contributed by atoms with Gasteiger partial charge in [0.05, 0.1) is 46.2 Å². The number of hydrogen-bond acceptors (Lipinski definition) is 8. The number of nitrogens with one attached hydrogen (secondary N) is 1. The number of aryl methyl sites for hydroxylation is 1. The Morgan fingerprint density at radius 2 is 1.81 bits per heavy atom. The van der Waals surface area contributed by atoms with E-state index in [0.717, 1.165) is 17.0 Å². The van der Waals surface area contributed by atoms with E-state index in [1.807, 2.05) is 0 Å². The summed E-state index contributed by atoms with van der Waals surface area (Å²) in [4.78, 5) is 15.2. The quantitative estimate of drug-likeness (QED) is 0.353. The maximum atomic E-state index is 14.2. The van der Waals surface area contributed by atoms with Crippen LogP contribution in [0.3, 0.4) is 0 Å². The van der Waals surface area contributed by atoms with Crippen molar-refractivity contribution in [1.82, 2.24) is 15.1 Å². The van der Waals surface area contributed by atoms with Crippen LogP contribution in [0.1, 0.15) is 49.4 Å². The Balaban J connectivity index is 1.35. The summed E-state index contributed by atoms with van der Waals surface area (Å²) in [5.41, 5.74) is 4.29. The second kappa shape index (κ2) is 10.3. The number of halogens is 5. The monoisotopic (exact) mass is 632 g/mol. The second-order valence-electron chi connectivity index (χ2n) is 12.0. The summed E-state index contributed by atoms with van der Waals surface area (Å²) < 4.78 is 105. The first-order valence-electron chi connectivity index (χ1n) is 14.2. The molecule has 10 nitrogen and oxygen atoms in total. The lowest BCUT2D eigenvalue weighted by molar-refractivity contribution is -0.139. The summed E-state index contributed by atoms with van der Waals surface area (Å²) in [6, 6.07) is 3.18. The van der Waals surface area contributed by atoms with Crippen molar-refractivity contribution < 1.29 is 39.9 Å². The smallest absolute Gasteiger partial charge is 0.381 e. The van der Waals surface area contributed by atoms with Gasteiger partial charge in [0.2, 0.25) is 5.91 Å². The van der Waals surface area contributed by atoms with Crippen LogP contribution in [-0.2, 0) is 25.5 Å².